The van der Waals surface area contributed by atoms with E-state index >= 15 is 0 Å². The fraction of sp³-hybridized carbons (Fsp3) is 0.206. The molecule has 15 heteroatoms. The second kappa shape index (κ2) is 13.5. The van der Waals surface area contributed by atoms with Gasteiger partial charge < -0.3 is 15.2 Å². The van der Waals surface area contributed by atoms with Crippen LogP contribution < -0.4 is 15.5 Å². The lowest BCUT2D eigenvalue weighted by molar-refractivity contribution is -0.141. The van der Waals surface area contributed by atoms with Gasteiger partial charge in [0.15, 0.2) is 0 Å². The van der Waals surface area contributed by atoms with Crippen LogP contribution in [0, 0.1) is 0 Å². The number of amides is 3. The van der Waals surface area contributed by atoms with Crippen molar-refractivity contribution in [2.75, 3.05) is 11.4 Å². The topological polar surface area (TPSA) is 140 Å². The number of rotatable bonds is 10. The summed E-state index contributed by atoms with van der Waals surface area (Å²) in [5.74, 6) is -2.99. The lowest BCUT2D eigenvalue weighted by atomic mass is 9.82. The molecule has 0 saturated carbocycles. The highest BCUT2D eigenvalue weighted by molar-refractivity contribution is 6.04. The monoisotopic (exact) mass is 669 g/mol. The van der Waals surface area contributed by atoms with Gasteiger partial charge >= 0.3 is 6.18 Å². The molecule has 1 aliphatic rings. The minimum atomic E-state index is -4.80. The number of hydrogen-bond acceptors (Lipinski definition) is 7. The van der Waals surface area contributed by atoms with Crippen LogP contribution in [0.1, 0.15) is 45.8 Å². The average Bonchev–Trinajstić information content (AvgIpc) is 3.78. The normalized spacial score (nSPS) is 15.8. The number of nitrogens with one attached hydrogen (secondary N) is 2. The summed E-state index contributed by atoms with van der Waals surface area (Å²) in [7, 11) is 0. The molecule has 0 spiro atoms. The zero-order valence-corrected chi connectivity index (χ0v) is 26.1. The average molecular weight is 670 g/mol. The molecular formula is C34H30F3N9O3. The van der Waals surface area contributed by atoms with Crippen molar-refractivity contribution in [3.63, 3.8) is 0 Å². The predicted octanol–water partition coefficient (Wildman–Crippen LogP) is 4.05. The van der Waals surface area contributed by atoms with E-state index in [1.807, 2.05) is 30.3 Å². The van der Waals surface area contributed by atoms with Gasteiger partial charge in [-0.05, 0) is 36.2 Å². The third-order valence-electron chi connectivity index (χ3n) is 8.00. The molecule has 0 unspecified atom stereocenters. The number of carbonyl (C=O) groups is 3. The molecule has 12 nitrogen and oxygen atoms in total. The number of halogens is 3. The molecular weight excluding hydrogens is 639 g/mol. The van der Waals surface area contributed by atoms with Crippen LogP contribution in [0.5, 0.6) is 0 Å². The summed E-state index contributed by atoms with van der Waals surface area (Å²) in [6, 6.07) is 15.7. The first-order valence-electron chi connectivity index (χ1n) is 15.2. The molecule has 0 fully saturated rings. The Bertz CT molecular complexity index is 2010. The molecule has 0 radical (unpaired) electrons. The Morgan fingerprint density at radius 2 is 1.84 bits per heavy atom. The Morgan fingerprint density at radius 3 is 2.55 bits per heavy atom. The van der Waals surface area contributed by atoms with Crippen LogP contribution in [0.4, 0.5) is 19.0 Å². The van der Waals surface area contributed by atoms with Crippen LogP contribution in [-0.2, 0) is 28.9 Å². The van der Waals surface area contributed by atoms with Crippen molar-refractivity contribution in [2.24, 2.45) is 0 Å². The fourth-order valence-corrected chi connectivity index (χ4v) is 5.73. The van der Waals surface area contributed by atoms with Crippen LogP contribution in [0.15, 0.2) is 104 Å². The maximum atomic E-state index is 14.3. The maximum absolute atomic E-state index is 14.3. The van der Waals surface area contributed by atoms with E-state index in [9.17, 15) is 27.6 Å². The second-order valence-corrected chi connectivity index (χ2v) is 11.2. The van der Waals surface area contributed by atoms with Gasteiger partial charge in [-0.25, -0.2) is 19.6 Å². The van der Waals surface area contributed by atoms with E-state index < -0.39 is 41.5 Å². The molecule has 49 heavy (non-hydrogen) atoms. The first kappa shape index (κ1) is 32.8. The summed E-state index contributed by atoms with van der Waals surface area (Å²) >= 11 is 0. The lowest BCUT2D eigenvalue weighted by Crippen LogP contribution is -2.55. The molecule has 1 aliphatic heterocycles. The number of para-hydroxylation sites is 1. The second-order valence-electron chi connectivity index (χ2n) is 11.2. The smallest absolute Gasteiger partial charge is 0.348 e. The molecule has 3 amide bonds. The molecule has 2 aromatic carbocycles. The van der Waals surface area contributed by atoms with E-state index in [2.05, 4.69) is 37.3 Å². The first-order chi connectivity index (χ1) is 23.5. The van der Waals surface area contributed by atoms with Gasteiger partial charge in [-0.15, -0.1) is 0 Å². The molecule has 2 N–H and O–H groups in total. The number of hydrogen-bond donors (Lipinski definition) is 2. The number of anilines is 1. The highest BCUT2D eigenvalue weighted by atomic mass is 19.4. The van der Waals surface area contributed by atoms with Crippen LogP contribution in [-0.4, -0.2) is 59.6 Å². The Kier molecular flexibility index (Phi) is 9.07. The zero-order valence-electron chi connectivity index (χ0n) is 26.1. The molecule has 0 bridgehead atoms. The van der Waals surface area contributed by atoms with Crippen molar-refractivity contribution in [1.82, 2.24) is 39.9 Å². The van der Waals surface area contributed by atoms with Crippen molar-refractivity contribution < 1.29 is 27.6 Å². The summed E-state index contributed by atoms with van der Waals surface area (Å²) < 4.78 is 43.5. The van der Waals surface area contributed by atoms with E-state index in [4.69, 9.17) is 0 Å². The van der Waals surface area contributed by atoms with Gasteiger partial charge in [-0.1, -0.05) is 49.0 Å². The number of aromatic nitrogens is 6. The minimum Gasteiger partial charge on any atom is -0.348 e. The van der Waals surface area contributed by atoms with Gasteiger partial charge in [0.2, 0.25) is 11.7 Å². The van der Waals surface area contributed by atoms with E-state index in [1.54, 1.807) is 65.4 Å². The lowest BCUT2D eigenvalue weighted by Gasteiger charge is -2.38. The number of fused-ring (bicyclic) bond motifs is 1. The van der Waals surface area contributed by atoms with Crippen molar-refractivity contribution in [3.8, 4) is 5.69 Å². The summed E-state index contributed by atoms with van der Waals surface area (Å²) in [6.07, 6.45) is 2.54. The fourth-order valence-electron chi connectivity index (χ4n) is 5.73. The van der Waals surface area contributed by atoms with Crippen molar-refractivity contribution in [2.45, 2.75) is 38.1 Å². The third-order valence-corrected chi connectivity index (χ3v) is 8.00. The van der Waals surface area contributed by atoms with E-state index in [-0.39, 0.29) is 25.5 Å². The molecule has 2 atom stereocenters. The van der Waals surface area contributed by atoms with Gasteiger partial charge in [0.05, 0.1) is 24.8 Å². The zero-order chi connectivity index (χ0) is 34.7. The first-order valence-corrected chi connectivity index (χ1v) is 15.2. The Balaban J connectivity index is 1.36. The number of alkyl halides is 3. The molecule has 250 valence electrons. The molecule has 4 heterocycles. The molecule has 3 aromatic heterocycles. The SMILES string of the molecule is C=C(Cn1ccnc1)C(=O)NCc1cccc([C@@H]2c3cnn(-c4ccccc4)c3N(CC)C(=O)[C@H]2NC(=O)c2nccc(C(F)(F)F)n2)c1. The van der Waals surface area contributed by atoms with Gasteiger partial charge in [0, 0.05) is 48.7 Å². The van der Waals surface area contributed by atoms with Gasteiger partial charge in [-0.3, -0.25) is 19.3 Å². The molecule has 0 aliphatic carbocycles. The van der Waals surface area contributed by atoms with E-state index in [1.165, 1.54) is 4.90 Å². The van der Waals surface area contributed by atoms with Crippen molar-refractivity contribution >= 4 is 23.5 Å². The molecule has 0 saturated heterocycles. The number of imidazole rings is 1. The van der Waals surface area contributed by atoms with Gasteiger partial charge in [-0.2, -0.15) is 18.3 Å². The maximum Gasteiger partial charge on any atom is 0.433 e. The van der Waals surface area contributed by atoms with Crippen LogP contribution >= 0.6 is 0 Å². The van der Waals surface area contributed by atoms with Crippen LogP contribution in [0.25, 0.3) is 5.69 Å². The summed E-state index contributed by atoms with van der Waals surface area (Å²) in [4.78, 5) is 53.1. The van der Waals surface area contributed by atoms with Crippen molar-refractivity contribution in [1.29, 1.82) is 0 Å². The number of benzene rings is 2. The summed E-state index contributed by atoms with van der Waals surface area (Å²) in [6.45, 7) is 6.23. The Hall–Kier alpha value is -6.12. The number of carbonyl (C=O) groups excluding carboxylic acids is 3. The molecule has 6 rings (SSSR count). The Morgan fingerprint density at radius 1 is 1.04 bits per heavy atom. The summed E-state index contributed by atoms with van der Waals surface area (Å²) in [5, 5.41) is 10.1. The predicted molar refractivity (Wildman–Crippen MR) is 171 cm³/mol. The standard InChI is InChI=1S/C34H30F3N9O3/c1-3-45-32-25(18-41-46(32)24-10-5-4-6-11-24)27(28(33(45)49)43-31(48)29-39-13-12-26(42-29)34(35,36)37)23-9-7-8-22(16-23)17-40-30(47)21(2)19-44-15-14-38-20-44/h4-16,18,20,27-28H,2-3,17,19H2,1H3,(H,40,47)(H,43,48)/t27-,28+/m1/s1. The van der Waals surface area contributed by atoms with E-state index in [0.717, 1.165) is 6.20 Å². The number of likely N-dealkylation sites (N-methyl/N-ethyl adjacent to an activating group) is 1. The van der Waals surface area contributed by atoms with Gasteiger partial charge in [0.1, 0.15) is 17.6 Å². The van der Waals surface area contributed by atoms with E-state index in [0.29, 0.717) is 39.8 Å². The number of nitrogens with zero attached hydrogens (tertiary/aromatic N) is 7. The quantitative estimate of drug-likeness (QED) is 0.214. The van der Waals surface area contributed by atoms with Crippen LogP contribution in [0.3, 0.4) is 0 Å². The highest BCUT2D eigenvalue weighted by Crippen LogP contribution is 2.41. The van der Waals surface area contributed by atoms with Crippen LogP contribution in [0.2, 0.25) is 0 Å². The largest absolute Gasteiger partial charge is 0.433 e. The highest BCUT2D eigenvalue weighted by Gasteiger charge is 2.45. The van der Waals surface area contributed by atoms with Crippen molar-refractivity contribution in [3.05, 3.63) is 132 Å². The molecule has 5 aromatic rings. The summed E-state index contributed by atoms with van der Waals surface area (Å²) in [5.41, 5.74) is 1.61. The minimum absolute atomic E-state index is 0.128. The third kappa shape index (κ3) is 6.81. The Labute approximate surface area is 278 Å². The van der Waals surface area contributed by atoms with Gasteiger partial charge in [0.25, 0.3) is 11.8 Å².